The normalized spacial score (nSPS) is 13.7. The summed E-state index contributed by atoms with van der Waals surface area (Å²) in [5.41, 5.74) is 3.93. The number of benzene rings is 2. The van der Waals surface area contributed by atoms with E-state index in [9.17, 15) is 5.26 Å². The van der Waals surface area contributed by atoms with Gasteiger partial charge in [-0.15, -0.1) is 0 Å². The molecule has 3 nitrogen and oxygen atoms in total. The van der Waals surface area contributed by atoms with Gasteiger partial charge in [0.15, 0.2) is 0 Å². The number of nitrogens with zero attached hydrogens (tertiary/aromatic N) is 3. The molecule has 0 amide bonds. The first kappa shape index (κ1) is 17.9. The third kappa shape index (κ3) is 3.70. The standard InChI is InChI=1S/C21H19N3.C2H6/c22-14-19-15-23-9-8-21(19)18-5-4-17-13-20(7-6-16(17)12-18)24-10-2-1-3-11-24;1-2/h4-9,12-13,15H,1-3,10-11H2;1-2H3. The molecule has 3 aromatic rings. The van der Waals surface area contributed by atoms with Crippen molar-refractivity contribution < 1.29 is 0 Å². The summed E-state index contributed by atoms with van der Waals surface area (Å²) in [6, 6.07) is 17.2. The molecule has 2 aromatic carbocycles. The van der Waals surface area contributed by atoms with E-state index in [0.717, 1.165) is 24.2 Å². The zero-order chi connectivity index (χ0) is 18.4. The number of hydrogen-bond donors (Lipinski definition) is 0. The van der Waals surface area contributed by atoms with Gasteiger partial charge in [0.1, 0.15) is 6.07 Å². The second-order valence-electron chi connectivity index (χ2n) is 6.33. The minimum atomic E-state index is 0.613. The molecular formula is C23H25N3. The van der Waals surface area contributed by atoms with Crippen molar-refractivity contribution in [1.82, 2.24) is 4.98 Å². The van der Waals surface area contributed by atoms with E-state index in [0.29, 0.717) is 5.56 Å². The van der Waals surface area contributed by atoms with Crippen LogP contribution < -0.4 is 4.90 Å². The van der Waals surface area contributed by atoms with Crippen molar-refractivity contribution in [3.63, 3.8) is 0 Å². The topological polar surface area (TPSA) is 39.9 Å². The second kappa shape index (κ2) is 8.49. The smallest absolute Gasteiger partial charge is 0.101 e. The fraction of sp³-hybridized carbons (Fsp3) is 0.304. The lowest BCUT2D eigenvalue weighted by Gasteiger charge is -2.29. The lowest BCUT2D eigenvalue weighted by atomic mass is 9.98. The summed E-state index contributed by atoms with van der Waals surface area (Å²) < 4.78 is 0. The summed E-state index contributed by atoms with van der Waals surface area (Å²) >= 11 is 0. The van der Waals surface area contributed by atoms with Gasteiger partial charge in [-0.2, -0.15) is 5.26 Å². The van der Waals surface area contributed by atoms with Crippen molar-refractivity contribution >= 4 is 16.5 Å². The minimum absolute atomic E-state index is 0.613. The SMILES string of the molecule is CC.N#Cc1cnccc1-c1ccc2cc(N3CCCCC3)ccc2c1. The number of fused-ring (bicyclic) bond motifs is 1. The summed E-state index contributed by atoms with van der Waals surface area (Å²) in [5.74, 6) is 0. The van der Waals surface area contributed by atoms with Crippen LogP contribution >= 0.6 is 0 Å². The average Bonchev–Trinajstić information content (AvgIpc) is 2.75. The van der Waals surface area contributed by atoms with Gasteiger partial charge in [-0.25, -0.2) is 0 Å². The Bertz CT molecular complexity index is 918. The van der Waals surface area contributed by atoms with Crippen LogP contribution in [0.15, 0.2) is 54.9 Å². The van der Waals surface area contributed by atoms with Crippen LogP contribution in [-0.2, 0) is 0 Å². The number of rotatable bonds is 2. The first-order valence-corrected chi connectivity index (χ1v) is 9.48. The summed E-state index contributed by atoms with van der Waals surface area (Å²) in [6.07, 6.45) is 7.28. The van der Waals surface area contributed by atoms with Crippen molar-refractivity contribution in [2.24, 2.45) is 0 Å². The zero-order valence-electron chi connectivity index (χ0n) is 15.6. The molecule has 4 rings (SSSR count). The quantitative estimate of drug-likeness (QED) is 0.591. The van der Waals surface area contributed by atoms with E-state index >= 15 is 0 Å². The molecule has 2 heterocycles. The average molecular weight is 343 g/mol. The maximum atomic E-state index is 9.28. The monoisotopic (exact) mass is 343 g/mol. The van der Waals surface area contributed by atoms with Crippen LogP contribution in [-0.4, -0.2) is 18.1 Å². The molecule has 0 aliphatic carbocycles. The maximum absolute atomic E-state index is 9.28. The van der Waals surface area contributed by atoms with E-state index in [2.05, 4.69) is 52.4 Å². The number of hydrogen-bond acceptors (Lipinski definition) is 3. The number of piperidine rings is 1. The third-order valence-electron chi connectivity index (χ3n) is 4.80. The molecule has 0 saturated carbocycles. The van der Waals surface area contributed by atoms with Crippen molar-refractivity contribution in [2.75, 3.05) is 18.0 Å². The fourth-order valence-electron chi connectivity index (χ4n) is 3.48. The van der Waals surface area contributed by atoms with E-state index in [1.54, 1.807) is 12.4 Å². The number of anilines is 1. The van der Waals surface area contributed by atoms with Crippen LogP contribution in [0.4, 0.5) is 5.69 Å². The minimum Gasteiger partial charge on any atom is -0.372 e. The molecule has 1 aromatic heterocycles. The van der Waals surface area contributed by atoms with Gasteiger partial charge in [-0.1, -0.05) is 32.0 Å². The largest absolute Gasteiger partial charge is 0.372 e. The highest BCUT2D eigenvalue weighted by Gasteiger charge is 2.11. The maximum Gasteiger partial charge on any atom is 0.101 e. The molecule has 0 spiro atoms. The molecule has 1 aliphatic rings. The fourth-order valence-corrected chi connectivity index (χ4v) is 3.48. The molecule has 1 saturated heterocycles. The van der Waals surface area contributed by atoms with Crippen LogP contribution in [0.3, 0.4) is 0 Å². The highest BCUT2D eigenvalue weighted by molar-refractivity contribution is 5.90. The van der Waals surface area contributed by atoms with Gasteiger partial charge in [0, 0.05) is 36.7 Å². The van der Waals surface area contributed by atoms with Gasteiger partial charge in [0.2, 0.25) is 0 Å². The number of aromatic nitrogens is 1. The van der Waals surface area contributed by atoms with Crippen LogP contribution in [0.1, 0.15) is 38.7 Å². The molecule has 3 heteroatoms. The van der Waals surface area contributed by atoms with Crippen LogP contribution in [0.25, 0.3) is 21.9 Å². The van der Waals surface area contributed by atoms with Gasteiger partial charge < -0.3 is 4.90 Å². The predicted octanol–water partition coefficient (Wildman–Crippen LogP) is 5.79. The van der Waals surface area contributed by atoms with E-state index in [1.165, 1.54) is 35.7 Å². The Kier molecular flexibility index (Phi) is 5.86. The lowest BCUT2D eigenvalue weighted by molar-refractivity contribution is 0.578. The Labute approximate surface area is 155 Å². The molecule has 132 valence electrons. The van der Waals surface area contributed by atoms with E-state index < -0.39 is 0 Å². The summed E-state index contributed by atoms with van der Waals surface area (Å²) in [6.45, 7) is 6.32. The molecule has 0 unspecified atom stereocenters. The zero-order valence-corrected chi connectivity index (χ0v) is 15.6. The molecular weight excluding hydrogens is 318 g/mol. The Hall–Kier alpha value is -2.86. The Morgan fingerprint density at radius 3 is 2.42 bits per heavy atom. The van der Waals surface area contributed by atoms with Gasteiger partial charge >= 0.3 is 0 Å². The van der Waals surface area contributed by atoms with E-state index in [4.69, 9.17) is 0 Å². The Balaban J connectivity index is 0.000000948. The van der Waals surface area contributed by atoms with Gasteiger partial charge in [0.25, 0.3) is 0 Å². The Morgan fingerprint density at radius 2 is 1.65 bits per heavy atom. The highest BCUT2D eigenvalue weighted by atomic mass is 15.1. The summed E-state index contributed by atoms with van der Waals surface area (Å²) in [7, 11) is 0. The van der Waals surface area contributed by atoms with E-state index in [1.807, 2.05) is 19.9 Å². The summed E-state index contributed by atoms with van der Waals surface area (Å²) in [5, 5.41) is 11.7. The highest BCUT2D eigenvalue weighted by Crippen LogP contribution is 2.29. The molecule has 0 bridgehead atoms. The second-order valence-corrected chi connectivity index (χ2v) is 6.33. The third-order valence-corrected chi connectivity index (χ3v) is 4.80. The van der Waals surface area contributed by atoms with Crippen LogP contribution in [0.2, 0.25) is 0 Å². The number of pyridine rings is 1. The summed E-state index contributed by atoms with van der Waals surface area (Å²) in [4.78, 5) is 6.52. The van der Waals surface area contributed by atoms with Crippen LogP contribution in [0, 0.1) is 11.3 Å². The molecule has 26 heavy (non-hydrogen) atoms. The van der Waals surface area contributed by atoms with Crippen molar-refractivity contribution in [2.45, 2.75) is 33.1 Å². The molecule has 0 N–H and O–H groups in total. The van der Waals surface area contributed by atoms with Gasteiger partial charge in [-0.05, 0) is 59.9 Å². The van der Waals surface area contributed by atoms with Crippen molar-refractivity contribution in [3.05, 3.63) is 60.4 Å². The Morgan fingerprint density at radius 1 is 0.923 bits per heavy atom. The molecule has 0 atom stereocenters. The van der Waals surface area contributed by atoms with Crippen LogP contribution in [0.5, 0.6) is 0 Å². The number of nitriles is 1. The van der Waals surface area contributed by atoms with Crippen molar-refractivity contribution in [1.29, 1.82) is 5.26 Å². The molecule has 0 radical (unpaired) electrons. The first-order valence-electron chi connectivity index (χ1n) is 9.48. The predicted molar refractivity (Wildman–Crippen MR) is 109 cm³/mol. The van der Waals surface area contributed by atoms with Crippen molar-refractivity contribution in [3.8, 4) is 17.2 Å². The van der Waals surface area contributed by atoms with Gasteiger partial charge in [0.05, 0.1) is 5.56 Å². The first-order chi connectivity index (χ1) is 12.8. The van der Waals surface area contributed by atoms with Gasteiger partial charge in [-0.3, -0.25) is 4.98 Å². The molecule has 1 aliphatic heterocycles. The molecule has 1 fully saturated rings. The van der Waals surface area contributed by atoms with E-state index in [-0.39, 0.29) is 0 Å². The lowest BCUT2D eigenvalue weighted by Crippen LogP contribution is -2.29.